The van der Waals surface area contributed by atoms with Crippen LogP contribution in [-0.4, -0.2) is 35.1 Å². The third kappa shape index (κ3) is 4.06. The Balaban J connectivity index is 1.68. The molecule has 0 aliphatic rings. The largest absolute Gasteiger partial charge is 0.493 e. The molecular weight excluding hydrogens is 358 g/mol. The Kier molecular flexibility index (Phi) is 5.78. The minimum Gasteiger partial charge on any atom is -0.493 e. The quantitative estimate of drug-likeness (QED) is 0.650. The summed E-state index contributed by atoms with van der Waals surface area (Å²) in [6, 6.07) is 13.4. The second kappa shape index (κ2) is 8.43. The number of nitrogens with zero attached hydrogens (tertiary/aromatic N) is 3. The molecule has 0 saturated heterocycles. The van der Waals surface area contributed by atoms with Crippen LogP contribution in [0.15, 0.2) is 42.5 Å². The summed E-state index contributed by atoms with van der Waals surface area (Å²) in [7, 11) is 3.13. The Morgan fingerprint density at radius 3 is 2.61 bits per heavy atom. The molecule has 0 saturated carbocycles. The van der Waals surface area contributed by atoms with Gasteiger partial charge in [-0.1, -0.05) is 35.5 Å². The summed E-state index contributed by atoms with van der Waals surface area (Å²) >= 11 is 0. The van der Waals surface area contributed by atoms with Gasteiger partial charge in [-0.05, 0) is 35.7 Å². The van der Waals surface area contributed by atoms with Crippen molar-refractivity contribution in [3.05, 3.63) is 64.8 Å². The molecule has 0 fully saturated rings. The smallest absolute Gasteiger partial charge is 0.275 e. The van der Waals surface area contributed by atoms with Crippen LogP contribution in [0.2, 0.25) is 0 Å². The molecule has 0 spiro atoms. The van der Waals surface area contributed by atoms with E-state index in [1.165, 1.54) is 4.68 Å². The fraction of sp³-hybridized carbons (Fsp3) is 0.250. The lowest BCUT2D eigenvalue weighted by molar-refractivity contribution is 0.0946. The summed E-state index contributed by atoms with van der Waals surface area (Å²) in [5, 5.41) is 10.8. The summed E-state index contributed by atoms with van der Waals surface area (Å²) < 4.78 is 12.0. The molecular formula is C20H23N5O3. The third-order valence-corrected chi connectivity index (χ3v) is 4.47. The van der Waals surface area contributed by atoms with Crippen LogP contribution in [-0.2, 0) is 13.1 Å². The normalized spacial score (nSPS) is 10.5. The maximum atomic E-state index is 12.5. The van der Waals surface area contributed by atoms with E-state index in [-0.39, 0.29) is 17.4 Å². The van der Waals surface area contributed by atoms with Crippen LogP contribution < -0.4 is 20.5 Å². The first-order valence-corrected chi connectivity index (χ1v) is 8.76. The molecule has 1 aromatic heterocycles. The zero-order chi connectivity index (χ0) is 20.1. The van der Waals surface area contributed by atoms with E-state index in [2.05, 4.69) is 15.6 Å². The molecule has 3 N–H and O–H groups in total. The maximum Gasteiger partial charge on any atom is 0.275 e. The van der Waals surface area contributed by atoms with Crippen molar-refractivity contribution in [1.29, 1.82) is 0 Å². The molecule has 3 aromatic rings. The summed E-state index contributed by atoms with van der Waals surface area (Å²) in [5.74, 6) is 1.07. The number of anilines is 1. The molecule has 0 aliphatic carbocycles. The molecule has 1 amide bonds. The number of rotatable bonds is 7. The average Bonchev–Trinajstić information content (AvgIpc) is 3.08. The van der Waals surface area contributed by atoms with Crippen molar-refractivity contribution in [2.45, 2.75) is 20.0 Å². The molecule has 0 unspecified atom stereocenters. The first-order chi connectivity index (χ1) is 13.5. The number of ether oxygens (including phenoxy) is 2. The number of carbonyl (C=O) groups is 1. The van der Waals surface area contributed by atoms with Gasteiger partial charge in [0.2, 0.25) is 0 Å². The minimum atomic E-state index is -0.386. The number of aromatic nitrogens is 3. The molecule has 0 atom stereocenters. The molecule has 0 bridgehead atoms. The number of aryl methyl sites for hydroxylation is 1. The van der Waals surface area contributed by atoms with Gasteiger partial charge in [-0.3, -0.25) is 4.79 Å². The first kappa shape index (κ1) is 19.2. The highest BCUT2D eigenvalue weighted by Crippen LogP contribution is 2.27. The van der Waals surface area contributed by atoms with E-state index in [1.54, 1.807) is 26.4 Å². The monoisotopic (exact) mass is 381 g/mol. The van der Waals surface area contributed by atoms with Gasteiger partial charge >= 0.3 is 0 Å². The minimum absolute atomic E-state index is 0.106. The van der Waals surface area contributed by atoms with Gasteiger partial charge in [0.05, 0.1) is 20.8 Å². The van der Waals surface area contributed by atoms with Crippen molar-refractivity contribution in [3.63, 3.8) is 0 Å². The van der Waals surface area contributed by atoms with E-state index in [4.69, 9.17) is 15.2 Å². The van der Waals surface area contributed by atoms with Crippen LogP contribution in [0.4, 0.5) is 5.82 Å². The summed E-state index contributed by atoms with van der Waals surface area (Å²) in [4.78, 5) is 12.5. The molecule has 0 radical (unpaired) electrons. The SMILES string of the molecule is COc1ccc(CNC(=O)c2nnn(Cc3ccccc3C)c2N)cc1OC. The number of carbonyl (C=O) groups excluding carboxylic acids is 1. The molecule has 3 rings (SSSR count). The lowest BCUT2D eigenvalue weighted by atomic mass is 10.1. The van der Waals surface area contributed by atoms with Crippen LogP contribution in [0.1, 0.15) is 27.2 Å². The third-order valence-electron chi connectivity index (χ3n) is 4.47. The lowest BCUT2D eigenvalue weighted by Gasteiger charge is -2.10. The molecule has 2 aromatic carbocycles. The van der Waals surface area contributed by atoms with E-state index in [1.807, 2.05) is 37.3 Å². The highest BCUT2D eigenvalue weighted by Gasteiger charge is 2.18. The Labute approximate surface area is 163 Å². The topological polar surface area (TPSA) is 104 Å². The lowest BCUT2D eigenvalue weighted by Crippen LogP contribution is -2.24. The van der Waals surface area contributed by atoms with Gasteiger partial charge in [0, 0.05) is 6.54 Å². The number of amides is 1. The van der Waals surface area contributed by atoms with Gasteiger partial charge in [-0.25, -0.2) is 4.68 Å². The van der Waals surface area contributed by atoms with Crippen molar-refractivity contribution < 1.29 is 14.3 Å². The number of methoxy groups -OCH3 is 2. The highest BCUT2D eigenvalue weighted by molar-refractivity contribution is 5.96. The molecule has 8 heteroatoms. The van der Waals surface area contributed by atoms with Crippen molar-refractivity contribution >= 4 is 11.7 Å². The van der Waals surface area contributed by atoms with Crippen molar-refractivity contribution in [1.82, 2.24) is 20.3 Å². The summed E-state index contributed by atoms with van der Waals surface area (Å²) in [6.45, 7) is 2.76. The van der Waals surface area contributed by atoms with Crippen LogP contribution in [0.5, 0.6) is 11.5 Å². The number of hydrogen-bond acceptors (Lipinski definition) is 6. The molecule has 0 aliphatic heterocycles. The zero-order valence-corrected chi connectivity index (χ0v) is 16.1. The molecule has 8 nitrogen and oxygen atoms in total. The Morgan fingerprint density at radius 1 is 1.14 bits per heavy atom. The fourth-order valence-corrected chi connectivity index (χ4v) is 2.80. The number of nitrogens with one attached hydrogen (secondary N) is 1. The standard InChI is InChI=1S/C20H23N5O3/c1-13-6-4-5-7-15(13)12-25-19(21)18(23-24-25)20(26)22-11-14-8-9-16(27-2)17(10-14)28-3/h4-10H,11-12,21H2,1-3H3,(H,22,26). The maximum absolute atomic E-state index is 12.5. The molecule has 28 heavy (non-hydrogen) atoms. The number of benzene rings is 2. The van der Waals surface area contributed by atoms with Crippen molar-refractivity contribution in [2.75, 3.05) is 20.0 Å². The van der Waals surface area contributed by atoms with E-state index < -0.39 is 0 Å². The van der Waals surface area contributed by atoms with Gasteiger partial charge < -0.3 is 20.5 Å². The van der Waals surface area contributed by atoms with E-state index in [9.17, 15) is 4.79 Å². The summed E-state index contributed by atoms with van der Waals surface area (Å²) in [6.07, 6.45) is 0. The van der Waals surface area contributed by atoms with E-state index in [0.717, 1.165) is 16.7 Å². The van der Waals surface area contributed by atoms with E-state index in [0.29, 0.717) is 24.6 Å². The first-order valence-electron chi connectivity index (χ1n) is 8.76. The van der Waals surface area contributed by atoms with Crippen LogP contribution >= 0.6 is 0 Å². The number of nitrogen functional groups attached to an aromatic ring is 1. The van der Waals surface area contributed by atoms with Gasteiger partial charge in [-0.15, -0.1) is 5.10 Å². The van der Waals surface area contributed by atoms with Gasteiger partial charge in [0.25, 0.3) is 5.91 Å². The highest BCUT2D eigenvalue weighted by atomic mass is 16.5. The summed E-state index contributed by atoms with van der Waals surface area (Å²) in [5.41, 5.74) is 9.25. The van der Waals surface area contributed by atoms with Crippen LogP contribution in [0.25, 0.3) is 0 Å². The average molecular weight is 381 g/mol. The van der Waals surface area contributed by atoms with Crippen molar-refractivity contribution in [2.24, 2.45) is 0 Å². The molecule has 146 valence electrons. The Hall–Kier alpha value is -3.55. The molecule has 1 heterocycles. The van der Waals surface area contributed by atoms with E-state index >= 15 is 0 Å². The van der Waals surface area contributed by atoms with Crippen LogP contribution in [0, 0.1) is 6.92 Å². The van der Waals surface area contributed by atoms with Gasteiger partial charge in [0.15, 0.2) is 23.0 Å². The fourth-order valence-electron chi connectivity index (χ4n) is 2.80. The number of hydrogen-bond donors (Lipinski definition) is 2. The van der Waals surface area contributed by atoms with Gasteiger partial charge in [-0.2, -0.15) is 0 Å². The predicted molar refractivity (Wildman–Crippen MR) is 105 cm³/mol. The number of nitrogens with two attached hydrogens (primary N) is 1. The second-order valence-corrected chi connectivity index (χ2v) is 6.28. The Morgan fingerprint density at radius 2 is 1.89 bits per heavy atom. The van der Waals surface area contributed by atoms with Gasteiger partial charge in [0.1, 0.15) is 0 Å². The zero-order valence-electron chi connectivity index (χ0n) is 16.1. The predicted octanol–water partition coefficient (Wildman–Crippen LogP) is 2.16. The van der Waals surface area contributed by atoms with Crippen LogP contribution in [0.3, 0.4) is 0 Å². The van der Waals surface area contributed by atoms with Crippen molar-refractivity contribution in [3.8, 4) is 11.5 Å². The Bertz CT molecular complexity index is 984. The second-order valence-electron chi connectivity index (χ2n) is 6.28.